The Labute approximate surface area is 106 Å². The number of rotatable bonds is 3. The molecule has 0 fully saturated rings. The Hall–Kier alpha value is -0.870. The molecular formula is C13H20N2OS. The first kappa shape index (κ1) is 12.6. The minimum Gasteiger partial charge on any atom is -0.346 e. The maximum Gasteiger partial charge on any atom is 0.252 e. The van der Waals surface area contributed by atoms with E-state index >= 15 is 0 Å². The van der Waals surface area contributed by atoms with Crippen molar-refractivity contribution in [3.05, 3.63) is 21.4 Å². The van der Waals surface area contributed by atoms with Crippen LogP contribution in [0.2, 0.25) is 0 Å². The van der Waals surface area contributed by atoms with Crippen molar-refractivity contribution in [2.75, 3.05) is 6.54 Å². The van der Waals surface area contributed by atoms with Crippen LogP contribution < -0.4 is 11.1 Å². The second-order valence-corrected chi connectivity index (χ2v) is 6.26. The molecule has 1 aromatic heterocycles. The largest absolute Gasteiger partial charge is 0.346 e. The Morgan fingerprint density at radius 3 is 2.88 bits per heavy atom. The van der Waals surface area contributed by atoms with Crippen LogP contribution in [0.15, 0.2) is 5.38 Å². The molecule has 1 aliphatic carbocycles. The standard InChI is InChI=1S/C13H20N2OS/c1-13(2,8-14)15-12(16)10-7-17-11-6-4-3-5-9(10)11/h7H,3-6,8,14H2,1-2H3,(H,15,16). The monoisotopic (exact) mass is 252 g/mol. The highest BCUT2D eigenvalue weighted by molar-refractivity contribution is 7.10. The van der Waals surface area contributed by atoms with Crippen molar-refractivity contribution in [1.29, 1.82) is 0 Å². The van der Waals surface area contributed by atoms with Crippen molar-refractivity contribution in [2.24, 2.45) is 5.73 Å². The summed E-state index contributed by atoms with van der Waals surface area (Å²) in [7, 11) is 0. The molecule has 17 heavy (non-hydrogen) atoms. The fourth-order valence-electron chi connectivity index (χ4n) is 2.11. The van der Waals surface area contributed by atoms with Gasteiger partial charge in [0.05, 0.1) is 5.56 Å². The van der Waals surface area contributed by atoms with E-state index in [2.05, 4.69) is 5.32 Å². The molecular weight excluding hydrogens is 232 g/mol. The van der Waals surface area contributed by atoms with Crippen LogP contribution in [0.5, 0.6) is 0 Å². The molecule has 0 saturated carbocycles. The van der Waals surface area contributed by atoms with E-state index in [4.69, 9.17) is 5.73 Å². The fraction of sp³-hybridized carbons (Fsp3) is 0.615. The van der Waals surface area contributed by atoms with Crippen molar-refractivity contribution in [3.63, 3.8) is 0 Å². The molecule has 94 valence electrons. The number of fused-ring (bicyclic) bond motifs is 1. The molecule has 3 nitrogen and oxygen atoms in total. The van der Waals surface area contributed by atoms with Gasteiger partial charge in [-0.3, -0.25) is 4.79 Å². The highest BCUT2D eigenvalue weighted by Gasteiger charge is 2.24. The van der Waals surface area contributed by atoms with Gasteiger partial charge in [0.2, 0.25) is 0 Å². The molecule has 0 saturated heterocycles. The molecule has 1 heterocycles. The van der Waals surface area contributed by atoms with E-state index in [1.54, 1.807) is 11.3 Å². The normalized spacial score (nSPS) is 15.5. The smallest absolute Gasteiger partial charge is 0.252 e. The number of nitrogens with two attached hydrogens (primary N) is 1. The molecule has 1 amide bonds. The third kappa shape index (κ3) is 2.69. The lowest BCUT2D eigenvalue weighted by Gasteiger charge is -2.24. The van der Waals surface area contributed by atoms with E-state index in [0.29, 0.717) is 6.54 Å². The molecule has 0 aromatic carbocycles. The first-order valence-electron chi connectivity index (χ1n) is 6.15. The summed E-state index contributed by atoms with van der Waals surface area (Å²) in [5, 5.41) is 5.00. The van der Waals surface area contributed by atoms with Crippen LogP contribution in [-0.2, 0) is 12.8 Å². The highest BCUT2D eigenvalue weighted by Crippen LogP contribution is 2.30. The van der Waals surface area contributed by atoms with Gasteiger partial charge >= 0.3 is 0 Å². The third-order valence-electron chi connectivity index (χ3n) is 3.27. The quantitative estimate of drug-likeness (QED) is 0.865. The second kappa shape index (κ2) is 4.78. The zero-order valence-electron chi connectivity index (χ0n) is 10.5. The van der Waals surface area contributed by atoms with Gasteiger partial charge in [0, 0.05) is 22.3 Å². The molecule has 0 aliphatic heterocycles. The van der Waals surface area contributed by atoms with Gasteiger partial charge in [-0.25, -0.2) is 0 Å². The van der Waals surface area contributed by atoms with Crippen LogP contribution in [0, 0.1) is 0 Å². The molecule has 0 radical (unpaired) electrons. The first-order chi connectivity index (χ1) is 8.03. The van der Waals surface area contributed by atoms with Crippen LogP contribution in [0.1, 0.15) is 47.5 Å². The average Bonchev–Trinajstić information content (AvgIpc) is 2.72. The number of nitrogens with one attached hydrogen (secondary N) is 1. The van der Waals surface area contributed by atoms with Crippen molar-refractivity contribution >= 4 is 17.2 Å². The molecule has 0 bridgehead atoms. The van der Waals surface area contributed by atoms with E-state index in [9.17, 15) is 4.79 Å². The van der Waals surface area contributed by atoms with E-state index in [0.717, 1.165) is 18.4 Å². The van der Waals surface area contributed by atoms with Crippen LogP contribution in [0.4, 0.5) is 0 Å². The van der Waals surface area contributed by atoms with Crippen LogP contribution in [0.3, 0.4) is 0 Å². The minimum atomic E-state index is -0.333. The van der Waals surface area contributed by atoms with Crippen molar-refractivity contribution in [3.8, 4) is 0 Å². The SMILES string of the molecule is CC(C)(CN)NC(=O)c1csc2c1CCCC2. The van der Waals surface area contributed by atoms with Crippen molar-refractivity contribution in [2.45, 2.75) is 45.1 Å². The first-order valence-corrected chi connectivity index (χ1v) is 7.03. The van der Waals surface area contributed by atoms with E-state index in [1.165, 1.54) is 23.3 Å². The van der Waals surface area contributed by atoms with Gasteiger partial charge in [0.15, 0.2) is 0 Å². The molecule has 0 atom stereocenters. The van der Waals surface area contributed by atoms with Gasteiger partial charge in [-0.15, -0.1) is 11.3 Å². The minimum absolute atomic E-state index is 0.0276. The average molecular weight is 252 g/mol. The lowest BCUT2D eigenvalue weighted by molar-refractivity contribution is 0.0915. The summed E-state index contributed by atoms with van der Waals surface area (Å²) >= 11 is 1.72. The van der Waals surface area contributed by atoms with Crippen molar-refractivity contribution in [1.82, 2.24) is 5.32 Å². The Kier molecular flexibility index (Phi) is 3.54. The number of thiophene rings is 1. The Balaban J connectivity index is 2.17. The number of amides is 1. The van der Waals surface area contributed by atoms with Crippen LogP contribution >= 0.6 is 11.3 Å². The Morgan fingerprint density at radius 2 is 2.18 bits per heavy atom. The third-order valence-corrected chi connectivity index (χ3v) is 4.36. The number of carbonyl (C=O) groups is 1. The van der Waals surface area contributed by atoms with E-state index < -0.39 is 0 Å². The van der Waals surface area contributed by atoms with Gasteiger partial charge in [0.25, 0.3) is 5.91 Å². The Bertz CT molecular complexity index is 423. The topological polar surface area (TPSA) is 55.1 Å². The summed E-state index contributed by atoms with van der Waals surface area (Å²) in [5.74, 6) is 0.0276. The highest BCUT2D eigenvalue weighted by atomic mass is 32.1. The van der Waals surface area contributed by atoms with Gasteiger partial charge in [0.1, 0.15) is 0 Å². The van der Waals surface area contributed by atoms with Gasteiger partial charge < -0.3 is 11.1 Å². The molecule has 2 rings (SSSR count). The lowest BCUT2D eigenvalue weighted by atomic mass is 9.95. The predicted molar refractivity (Wildman–Crippen MR) is 71.6 cm³/mol. The molecule has 0 unspecified atom stereocenters. The number of carbonyl (C=O) groups excluding carboxylic acids is 1. The Morgan fingerprint density at radius 1 is 1.47 bits per heavy atom. The number of hydrogen-bond donors (Lipinski definition) is 2. The summed E-state index contributed by atoms with van der Waals surface area (Å²) in [5.41, 5.74) is 7.44. The molecule has 3 N–H and O–H groups in total. The number of aryl methyl sites for hydroxylation is 1. The van der Waals surface area contributed by atoms with Crippen LogP contribution in [0.25, 0.3) is 0 Å². The molecule has 0 spiro atoms. The maximum atomic E-state index is 12.2. The predicted octanol–water partition coefficient (Wildman–Crippen LogP) is 2.09. The van der Waals surface area contributed by atoms with E-state index in [-0.39, 0.29) is 11.4 Å². The molecule has 1 aliphatic rings. The maximum absolute atomic E-state index is 12.2. The lowest BCUT2D eigenvalue weighted by Crippen LogP contribution is -2.49. The van der Waals surface area contributed by atoms with Gasteiger partial charge in [-0.2, -0.15) is 0 Å². The summed E-state index contributed by atoms with van der Waals surface area (Å²) in [4.78, 5) is 13.6. The molecule has 1 aromatic rings. The van der Waals surface area contributed by atoms with Gasteiger partial charge in [-0.1, -0.05) is 0 Å². The second-order valence-electron chi connectivity index (χ2n) is 5.30. The van der Waals surface area contributed by atoms with Crippen LogP contribution in [-0.4, -0.2) is 18.0 Å². The number of hydrogen-bond acceptors (Lipinski definition) is 3. The molecule has 4 heteroatoms. The summed E-state index contributed by atoms with van der Waals surface area (Å²) in [6, 6.07) is 0. The van der Waals surface area contributed by atoms with E-state index in [1.807, 2.05) is 19.2 Å². The summed E-state index contributed by atoms with van der Waals surface area (Å²) < 4.78 is 0. The summed E-state index contributed by atoms with van der Waals surface area (Å²) in [6.07, 6.45) is 4.63. The zero-order valence-corrected chi connectivity index (χ0v) is 11.3. The van der Waals surface area contributed by atoms with Gasteiger partial charge in [-0.05, 0) is 45.1 Å². The summed E-state index contributed by atoms with van der Waals surface area (Å²) in [6.45, 7) is 4.35. The fourth-order valence-corrected chi connectivity index (χ4v) is 3.24. The van der Waals surface area contributed by atoms with Crippen molar-refractivity contribution < 1.29 is 4.79 Å². The zero-order chi connectivity index (χ0) is 12.5.